The van der Waals surface area contributed by atoms with Crippen molar-refractivity contribution in [2.24, 2.45) is 7.05 Å². The maximum Gasteiger partial charge on any atom is 0.411 e. The van der Waals surface area contributed by atoms with Gasteiger partial charge in [0.2, 0.25) is 5.91 Å². The summed E-state index contributed by atoms with van der Waals surface area (Å²) in [4.78, 5) is 54.4. The Bertz CT molecular complexity index is 3980. The van der Waals surface area contributed by atoms with Crippen LogP contribution in [0.2, 0.25) is 10.0 Å². The van der Waals surface area contributed by atoms with Gasteiger partial charge in [0.15, 0.2) is 10.2 Å². The smallest absolute Gasteiger partial charge is 0.368 e. The van der Waals surface area contributed by atoms with Crippen LogP contribution in [0.1, 0.15) is 22.8 Å². The van der Waals surface area contributed by atoms with E-state index < -0.39 is 11.6 Å². The van der Waals surface area contributed by atoms with E-state index in [-0.39, 0.29) is 5.69 Å². The molecular weight excluding hydrogens is 896 g/mol. The summed E-state index contributed by atoms with van der Waals surface area (Å²) in [7, 11) is 1.74. The Balaban J connectivity index is 1.15. The highest BCUT2D eigenvalue weighted by Crippen LogP contribution is 2.34. The van der Waals surface area contributed by atoms with Crippen LogP contribution < -0.4 is 26.3 Å². The summed E-state index contributed by atoms with van der Waals surface area (Å²) in [5.41, 5.74) is 9.10. The van der Waals surface area contributed by atoms with Crippen molar-refractivity contribution in [2.45, 2.75) is 6.92 Å². The highest BCUT2D eigenvalue weighted by atomic mass is 35.5. The molecule has 10 aromatic rings. The Kier molecular flexibility index (Phi) is 10.5. The number of aryl methyl sites for hydroxylation is 1. The van der Waals surface area contributed by atoms with Gasteiger partial charge in [0, 0.05) is 61.6 Å². The van der Waals surface area contributed by atoms with E-state index in [2.05, 4.69) is 28.4 Å². The first-order valence-corrected chi connectivity index (χ1v) is 22.6. The van der Waals surface area contributed by atoms with Crippen LogP contribution in [-0.4, -0.2) is 55.3 Å². The SMILES string of the molecule is CC(=O)n1c(=O)n(-c2cccc(C#N)c2)c2c3cc(-c4ccc(Cl)cc4)ccc3[n+]([N+]#Cc3cc(-n4c(=O)n(C)c5cnc6ccc(-c7ccc(Cl)cc7)cc6c54)ccc3N3CCNCC3)cc21. The molecule has 5 heterocycles. The number of benzene rings is 6. The standard InChI is InChI=1S/C53H38Cl2N10O3/c1-32(66)63-49-31-62(47-18-11-37(35-8-14-40(55)15-9-35)27-44(47)51(49)65(53(63)68)41-5-3-4-33(24-41)28-56)59-29-38-25-42(16-19-46(38)61-22-20-57-21-23-61)64-50-43-26-36(34-6-12-39(54)13-7-34)10-17-45(43)58-30-48(50)60(2)52(64)67/h3-19,24-27,30-31,57H,20-23H2,1-2H3/q+2. The number of carbonyl (C=O) groups is 1. The number of imidazole rings is 2. The molecule has 0 radical (unpaired) electrons. The van der Waals surface area contributed by atoms with E-state index in [1.54, 1.807) is 57.5 Å². The van der Waals surface area contributed by atoms with Crippen LogP contribution >= 0.6 is 23.2 Å². The Morgan fingerprint density at radius 2 is 1.37 bits per heavy atom. The zero-order chi connectivity index (χ0) is 46.8. The zero-order valence-electron chi connectivity index (χ0n) is 36.6. The summed E-state index contributed by atoms with van der Waals surface area (Å²) in [6.07, 6.45) is 3.38. The Morgan fingerprint density at radius 3 is 2.06 bits per heavy atom. The summed E-state index contributed by atoms with van der Waals surface area (Å²) >= 11 is 12.5. The van der Waals surface area contributed by atoms with E-state index in [1.807, 2.05) is 97.1 Å². The molecule has 1 aliphatic heterocycles. The van der Waals surface area contributed by atoms with Crippen molar-refractivity contribution < 1.29 is 9.47 Å². The monoisotopic (exact) mass is 932 g/mol. The van der Waals surface area contributed by atoms with Crippen LogP contribution in [0.3, 0.4) is 0 Å². The van der Waals surface area contributed by atoms with Crippen LogP contribution in [0.5, 0.6) is 0 Å². The third-order valence-electron chi connectivity index (χ3n) is 12.6. The number of nitriles is 1. The number of rotatable bonds is 5. The fourth-order valence-electron chi connectivity index (χ4n) is 9.27. The topological polar surface area (TPSA) is 131 Å². The second kappa shape index (κ2) is 16.8. The van der Waals surface area contributed by atoms with E-state index in [4.69, 9.17) is 33.1 Å². The van der Waals surface area contributed by atoms with Crippen molar-refractivity contribution in [3.8, 4) is 45.8 Å². The van der Waals surface area contributed by atoms with E-state index in [1.165, 1.54) is 11.5 Å². The minimum atomic E-state index is -0.594. The average Bonchev–Trinajstić information content (AvgIpc) is 3.81. The van der Waals surface area contributed by atoms with E-state index in [0.717, 1.165) is 69.6 Å². The number of pyridine rings is 2. The fraction of sp³-hybridized carbons (Fsp3) is 0.113. The predicted molar refractivity (Wildman–Crippen MR) is 268 cm³/mol. The molecule has 1 fully saturated rings. The molecule has 0 bridgehead atoms. The van der Waals surface area contributed by atoms with E-state index in [9.17, 15) is 19.6 Å². The maximum absolute atomic E-state index is 14.5. The van der Waals surface area contributed by atoms with Crippen LogP contribution in [0.15, 0.2) is 149 Å². The molecule has 0 atom stereocenters. The van der Waals surface area contributed by atoms with Gasteiger partial charge in [-0.15, -0.1) is 0 Å². The van der Waals surface area contributed by atoms with Gasteiger partial charge in [0.05, 0.1) is 62.3 Å². The number of fused-ring (bicyclic) bond motifs is 6. The van der Waals surface area contributed by atoms with Crippen molar-refractivity contribution >= 4 is 78.7 Å². The number of aromatic nitrogens is 6. The lowest BCUT2D eigenvalue weighted by molar-refractivity contribution is -0.580. The van der Waals surface area contributed by atoms with Crippen molar-refractivity contribution in [3.05, 3.63) is 187 Å². The summed E-state index contributed by atoms with van der Waals surface area (Å²) in [5, 5.41) is 15.9. The minimum absolute atomic E-state index is 0.252. The molecule has 6 aromatic carbocycles. The molecule has 330 valence electrons. The molecule has 68 heavy (non-hydrogen) atoms. The predicted octanol–water partition coefficient (Wildman–Crippen LogP) is 9.15. The largest absolute Gasteiger partial charge is 0.411 e. The Hall–Kier alpha value is -8.33. The highest BCUT2D eigenvalue weighted by Gasteiger charge is 2.30. The number of anilines is 1. The second-order valence-corrected chi connectivity index (χ2v) is 17.5. The van der Waals surface area contributed by atoms with Crippen LogP contribution in [-0.2, 0) is 7.05 Å². The Labute approximate surface area is 397 Å². The fourth-order valence-corrected chi connectivity index (χ4v) is 9.52. The number of hydrogen-bond acceptors (Lipinski definition) is 7. The number of nitrogens with one attached hydrogen (secondary N) is 1. The lowest BCUT2D eigenvalue weighted by atomic mass is 10.0. The quantitative estimate of drug-likeness (QED) is 0.170. The third kappa shape index (κ3) is 7.17. The van der Waals surface area contributed by atoms with E-state index in [0.29, 0.717) is 65.5 Å². The first-order chi connectivity index (χ1) is 33.1. The first-order valence-electron chi connectivity index (χ1n) is 21.8. The van der Waals surface area contributed by atoms with Gasteiger partial charge in [-0.3, -0.25) is 23.5 Å². The van der Waals surface area contributed by atoms with Crippen molar-refractivity contribution in [2.75, 3.05) is 31.1 Å². The lowest BCUT2D eigenvalue weighted by Crippen LogP contribution is -2.43. The normalized spacial score (nSPS) is 12.7. The van der Waals surface area contributed by atoms with Crippen molar-refractivity contribution in [3.63, 3.8) is 0 Å². The molecule has 4 aromatic heterocycles. The molecular formula is C53H38Cl2N10O3+2. The minimum Gasteiger partial charge on any atom is -0.368 e. The maximum atomic E-state index is 14.5. The van der Waals surface area contributed by atoms with Gasteiger partial charge in [-0.25, -0.2) is 14.2 Å². The van der Waals surface area contributed by atoms with Gasteiger partial charge in [-0.1, -0.05) is 59.6 Å². The molecule has 0 saturated carbocycles. The van der Waals surface area contributed by atoms with Crippen LogP contribution in [0.4, 0.5) is 5.69 Å². The van der Waals surface area contributed by atoms with Gasteiger partial charge in [-0.2, -0.15) is 5.26 Å². The summed E-state index contributed by atoms with van der Waals surface area (Å²) < 4.78 is 7.51. The summed E-state index contributed by atoms with van der Waals surface area (Å²) in [6.45, 7) is 4.35. The number of carbonyl (C=O) groups excluding carboxylic acids is 1. The lowest BCUT2D eigenvalue weighted by Gasteiger charge is -2.29. The van der Waals surface area contributed by atoms with Crippen LogP contribution in [0, 0.1) is 17.4 Å². The van der Waals surface area contributed by atoms with Crippen molar-refractivity contribution in [1.82, 2.24) is 28.6 Å². The van der Waals surface area contributed by atoms with E-state index >= 15 is 0 Å². The van der Waals surface area contributed by atoms with Gasteiger partial charge >= 0.3 is 23.0 Å². The average molecular weight is 934 g/mol. The molecule has 1 aliphatic rings. The zero-order valence-corrected chi connectivity index (χ0v) is 38.1. The van der Waals surface area contributed by atoms with Gasteiger partial charge in [0.1, 0.15) is 5.56 Å². The Morgan fingerprint density at radius 1 is 0.735 bits per heavy atom. The van der Waals surface area contributed by atoms with Crippen LogP contribution in [0.25, 0.3) is 82.5 Å². The van der Waals surface area contributed by atoms with Crippen molar-refractivity contribution in [1.29, 1.82) is 5.26 Å². The molecule has 0 unspecified atom stereocenters. The first kappa shape index (κ1) is 42.3. The molecule has 11 rings (SSSR count). The molecule has 0 aliphatic carbocycles. The molecule has 15 heteroatoms. The summed E-state index contributed by atoms with van der Waals surface area (Å²) in [5.74, 6) is -0.500. The number of nitrogens with zero attached hydrogens (tertiary/aromatic N) is 9. The highest BCUT2D eigenvalue weighted by molar-refractivity contribution is 6.31. The molecule has 0 spiro atoms. The molecule has 0 amide bonds. The molecule has 1 N–H and O–H groups in total. The molecule has 13 nitrogen and oxygen atoms in total. The number of halogens is 2. The summed E-state index contributed by atoms with van der Waals surface area (Å²) in [6, 6.07) is 45.0. The number of hydrogen-bond donors (Lipinski definition) is 1. The molecule has 1 saturated heterocycles. The van der Waals surface area contributed by atoms with Gasteiger partial charge < -0.3 is 10.2 Å². The third-order valence-corrected chi connectivity index (χ3v) is 13.1. The number of piperazine rings is 1. The second-order valence-electron chi connectivity index (χ2n) is 16.6. The van der Waals surface area contributed by atoms with Gasteiger partial charge in [-0.05, 0) is 107 Å². The van der Waals surface area contributed by atoms with Gasteiger partial charge in [0.25, 0.3) is 11.2 Å².